The van der Waals surface area contributed by atoms with Crippen molar-refractivity contribution in [2.45, 2.75) is 19.1 Å². The highest BCUT2D eigenvalue weighted by molar-refractivity contribution is 5.83. The Balaban J connectivity index is 1.69. The van der Waals surface area contributed by atoms with Crippen LogP contribution in [0, 0.1) is 0 Å². The number of alkyl halides is 3. The Bertz CT molecular complexity index is 976. The Morgan fingerprint density at radius 1 is 1.12 bits per heavy atom. The summed E-state index contributed by atoms with van der Waals surface area (Å²) < 4.78 is 40.4. The molecule has 3 aromatic rings. The molecule has 1 amide bonds. The van der Waals surface area contributed by atoms with Crippen LogP contribution in [0.3, 0.4) is 0 Å². The van der Waals surface area contributed by atoms with Gasteiger partial charge in [-0.25, -0.2) is 0 Å². The van der Waals surface area contributed by atoms with Gasteiger partial charge >= 0.3 is 6.18 Å². The number of pyridine rings is 1. The van der Waals surface area contributed by atoms with Crippen LogP contribution in [0.15, 0.2) is 42.7 Å². The highest BCUT2D eigenvalue weighted by Gasteiger charge is 2.30. The number of carbonyl (C=O) groups excluding carboxylic acids is 1. The molecule has 1 fully saturated rings. The zero-order chi connectivity index (χ0) is 18.3. The van der Waals surface area contributed by atoms with E-state index in [0.717, 1.165) is 31.6 Å². The zero-order valence-electron chi connectivity index (χ0n) is 13.7. The van der Waals surface area contributed by atoms with E-state index in [1.165, 1.54) is 12.3 Å². The molecular formula is C18H15F3N4O. The number of hydrogen-bond donors (Lipinski definition) is 0. The van der Waals surface area contributed by atoms with E-state index in [0.29, 0.717) is 22.2 Å². The van der Waals surface area contributed by atoms with Crippen LogP contribution in [0.25, 0.3) is 22.2 Å². The first-order chi connectivity index (χ1) is 12.4. The lowest BCUT2D eigenvalue weighted by Gasteiger charge is -2.30. The van der Waals surface area contributed by atoms with Crippen LogP contribution in [-0.4, -0.2) is 38.7 Å². The van der Waals surface area contributed by atoms with Crippen molar-refractivity contribution >= 4 is 16.9 Å². The van der Waals surface area contributed by atoms with E-state index in [-0.39, 0.29) is 12.5 Å². The Kier molecular flexibility index (Phi) is 3.90. The second-order valence-corrected chi connectivity index (χ2v) is 6.24. The quantitative estimate of drug-likeness (QED) is 0.720. The van der Waals surface area contributed by atoms with Gasteiger partial charge in [0, 0.05) is 24.8 Å². The maximum Gasteiger partial charge on any atom is 0.416 e. The molecule has 0 unspecified atom stereocenters. The number of halogens is 3. The molecule has 134 valence electrons. The number of hydrogen-bond acceptors (Lipinski definition) is 3. The predicted molar refractivity (Wildman–Crippen MR) is 89.2 cm³/mol. The maximum absolute atomic E-state index is 12.9. The predicted octanol–water partition coefficient (Wildman–Crippen LogP) is 3.35. The minimum Gasteiger partial charge on any atom is -0.341 e. The lowest BCUT2D eigenvalue weighted by Crippen LogP contribution is -2.43. The van der Waals surface area contributed by atoms with Crippen molar-refractivity contribution in [3.8, 4) is 11.1 Å². The maximum atomic E-state index is 12.9. The summed E-state index contributed by atoms with van der Waals surface area (Å²) in [6.45, 7) is 1.61. The molecule has 0 aliphatic carbocycles. The first-order valence-corrected chi connectivity index (χ1v) is 8.19. The molecule has 0 atom stereocenters. The highest BCUT2D eigenvalue weighted by atomic mass is 19.4. The average molecular weight is 360 g/mol. The van der Waals surface area contributed by atoms with E-state index in [9.17, 15) is 18.0 Å². The van der Waals surface area contributed by atoms with Gasteiger partial charge in [0.1, 0.15) is 12.1 Å². The number of fused-ring (bicyclic) bond motifs is 1. The standard InChI is InChI=1S/C18H15F3N4O/c19-18(20,21)14-4-1-3-12(7-14)13-8-16-15(22-9-13)10-23-25(16)11-17(26)24-5-2-6-24/h1,3-4,7-10H,2,5-6,11H2. The van der Waals surface area contributed by atoms with E-state index < -0.39 is 11.7 Å². The fraction of sp³-hybridized carbons (Fsp3) is 0.278. The van der Waals surface area contributed by atoms with Gasteiger partial charge in [-0.3, -0.25) is 14.5 Å². The average Bonchev–Trinajstić information content (AvgIpc) is 2.95. The highest BCUT2D eigenvalue weighted by Crippen LogP contribution is 2.32. The van der Waals surface area contributed by atoms with Gasteiger partial charge in [0.15, 0.2) is 0 Å². The summed E-state index contributed by atoms with van der Waals surface area (Å²) in [7, 11) is 0. The van der Waals surface area contributed by atoms with E-state index in [1.54, 1.807) is 27.9 Å². The fourth-order valence-corrected chi connectivity index (χ4v) is 2.91. The zero-order valence-corrected chi connectivity index (χ0v) is 13.7. The summed E-state index contributed by atoms with van der Waals surface area (Å²) in [6, 6.07) is 6.81. The van der Waals surface area contributed by atoms with Gasteiger partial charge in [-0.15, -0.1) is 0 Å². The van der Waals surface area contributed by atoms with E-state index in [2.05, 4.69) is 10.1 Å². The number of carbonyl (C=O) groups is 1. The van der Waals surface area contributed by atoms with Gasteiger partial charge in [-0.2, -0.15) is 18.3 Å². The van der Waals surface area contributed by atoms with Gasteiger partial charge in [0.05, 0.1) is 17.3 Å². The van der Waals surface area contributed by atoms with Crippen molar-refractivity contribution in [1.29, 1.82) is 0 Å². The summed E-state index contributed by atoms with van der Waals surface area (Å²) >= 11 is 0. The molecule has 0 bridgehead atoms. The van der Waals surface area contributed by atoms with Crippen LogP contribution < -0.4 is 0 Å². The number of rotatable bonds is 3. The van der Waals surface area contributed by atoms with Crippen LogP contribution >= 0.6 is 0 Å². The van der Waals surface area contributed by atoms with Crippen LogP contribution in [0.1, 0.15) is 12.0 Å². The van der Waals surface area contributed by atoms with Gasteiger partial charge < -0.3 is 4.90 Å². The number of aromatic nitrogens is 3. The first-order valence-electron chi connectivity index (χ1n) is 8.19. The molecule has 0 radical (unpaired) electrons. The van der Waals surface area contributed by atoms with Crippen LogP contribution in [-0.2, 0) is 17.5 Å². The van der Waals surface area contributed by atoms with Crippen LogP contribution in [0.5, 0.6) is 0 Å². The van der Waals surface area contributed by atoms with E-state index in [4.69, 9.17) is 0 Å². The molecule has 0 N–H and O–H groups in total. The molecule has 4 rings (SSSR count). The number of nitrogens with zero attached hydrogens (tertiary/aromatic N) is 4. The molecule has 0 saturated carbocycles. The normalized spacial score (nSPS) is 14.5. The van der Waals surface area contributed by atoms with Crippen LogP contribution in [0.2, 0.25) is 0 Å². The van der Waals surface area contributed by atoms with Gasteiger partial charge in [-0.1, -0.05) is 12.1 Å². The third-order valence-electron chi connectivity index (χ3n) is 4.51. The van der Waals surface area contributed by atoms with Crippen molar-refractivity contribution in [3.63, 3.8) is 0 Å². The summed E-state index contributed by atoms with van der Waals surface area (Å²) in [5.41, 5.74) is 1.46. The Hall–Kier alpha value is -2.90. The molecule has 3 heterocycles. The van der Waals surface area contributed by atoms with E-state index in [1.807, 2.05) is 0 Å². The Morgan fingerprint density at radius 2 is 1.92 bits per heavy atom. The van der Waals surface area contributed by atoms with Crippen molar-refractivity contribution in [2.75, 3.05) is 13.1 Å². The topological polar surface area (TPSA) is 51.0 Å². The lowest BCUT2D eigenvalue weighted by molar-refractivity contribution is -0.137. The first kappa shape index (κ1) is 16.6. The van der Waals surface area contributed by atoms with Crippen molar-refractivity contribution < 1.29 is 18.0 Å². The number of likely N-dealkylation sites (tertiary alicyclic amines) is 1. The minimum absolute atomic E-state index is 0.0225. The molecule has 0 spiro atoms. The van der Waals surface area contributed by atoms with Gasteiger partial charge in [0.25, 0.3) is 0 Å². The fourth-order valence-electron chi connectivity index (χ4n) is 2.91. The number of benzene rings is 1. The largest absolute Gasteiger partial charge is 0.416 e. The summed E-state index contributed by atoms with van der Waals surface area (Å²) in [6.07, 6.45) is -0.332. The smallest absolute Gasteiger partial charge is 0.341 e. The molecule has 8 heteroatoms. The molecule has 1 aromatic carbocycles. The van der Waals surface area contributed by atoms with Crippen LogP contribution in [0.4, 0.5) is 13.2 Å². The third-order valence-corrected chi connectivity index (χ3v) is 4.51. The molecule has 2 aromatic heterocycles. The summed E-state index contributed by atoms with van der Waals surface area (Å²) in [5.74, 6) is -0.0225. The molecule has 1 aliphatic heterocycles. The third kappa shape index (κ3) is 3.02. The molecule has 1 aliphatic rings. The SMILES string of the molecule is O=C(Cn1ncc2ncc(-c3cccc(C(F)(F)F)c3)cc21)N1CCC1. The Morgan fingerprint density at radius 3 is 2.62 bits per heavy atom. The lowest BCUT2D eigenvalue weighted by atomic mass is 10.0. The number of amides is 1. The Labute approximate surface area is 147 Å². The molecule has 5 nitrogen and oxygen atoms in total. The molecule has 26 heavy (non-hydrogen) atoms. The monoisotopic (exact) mass is 360 g/mol. The second-order valence-electron chi connectivity index (χ2n) is 6.24. The van der Waals surface area contributed by atoms with Gasteiger partial charge in [-0.05, 0) is 30.2 Å². The van der Waals surface area contributed by atoms with E-state index >= 15 is 0 Å². The minimum atomic E-state index is -4.40. The van der Waals surface area contributed by atoms with Gasteiger partial charge in [0.2, 0.25) is 5.91 Å². The van der Waals surface area contributed by atoms with Crippen molar-refractivity contribution in [2.24, 2.45) is 0 Å². The van der Waals surface area contributed by atoms with Crippen molar-refractivity contribution in [1.82, 2.24) is 19.7 Å². The molecule has 1 saturated heterocycles. The second kappa shape index (κ2) is 6.12. The summed E-state index contributed by atoms with van der Waals surface area (Å²) in [5, 5.41) is 4.19. The molecular weight excluding hydrogens is 345 g/mol. The van der Waals surface area contributed by atoms with Crippen molar-refractivity contribution in [3.05, 3.63) is 48.3 Å². The summed E-state index contributed by atoms with van der Waals surface area (Å²) in [4.78, 5) is 18.2.